The minimum absolute atomic E-state index is 0.0332. The molecule has 1 fully saturated rings. The first-order valence-corrected chi connectivity index (χ1v) is 9.22. The summed E-state index contributed by atoms with van der Waals surface area (Å²) in [5.41, 5.74) is 3.18. The Morgan fingerprint density at radius 3 is 2.77 bits per heavy atom. The Kier molecular flexibility index (Phi) is 5.61. The molecule has 2 heterocycles. The minimum Gasteiger partial charge on any atom is -0.352 e. The second-order valence-corrected chi connectivity index (χ2v) is 7.01. The maximum atomic E-state index is 12.6. The van der Waals surface area contributed by atoms with E-state index in [-0.39, 0.29) is 11.8 Å². The monoisotopic (exact) mass is 374 g/mol. The molecule has 6 nitrogen and oxygen atoms in total. The molecule has 7 heteroatoms. The van der Waals surface area contributed by atoms with Crippen LogP contribution in [0.5, 0.6) is 0 Å². The molecule has 0 atom stereocenters. The van der Waals surface area contributed by atoms with Crippen molar-refractivity contribution in [2.24, 2.45) is 0 Å². The summed E-state index contributed by atoms with van der Waals surface area (Å²) in [5.74, 6) is -0.157. The highest BCUT2D eigenvalue weighted by molar-refractivity contribution is 6.31. The molecule has 0 saturated carbocycles. The summed E-state index contributed by atoms with van der Waals surface area (Å²) in [6.45, 7) is 5.89. The number of carbonyl (C=O) groups is 2. The number of nitrogens with zero attached hydrogens (tertiary/aromatic N) is 3. The molecule has 2 aromatic rings. The molecule has 26 heavy (non-hydrogen) atoms. The number of benzene rings is 1. The van der Waals surface area contributed by atoms with Gasteiger partial charge < -0.3 is 10.2 Å². The van der Waals surface area contributed by atoms with Gasteiger partial charge in [-0.1, -0.05) is 11.6 Å². The molecule has 0 radical (unpaired) electrons. The maximum Gasteiger partial charge on any atom is 0.253 e. The molecule has 0 bridgehead atoms. The number of carbonyl (C=O) groups excluding carboxylic acids is 2. The summed E-state index contributed by atoms with van der Waals surface area (Å²) in [7, 11) is 0. The van der Waals surface area contributed by atoms with Gasteiger partial charge in [-0.05, 0) is 51.0 Å². The van der Waals surface area contributed by atoms with Crippen molar-refractivity contribution in [3.05, 3.63) is 46.2 Å². The van der Waals surface area contributed by atoms with Gasteiger partial charge in [0.05, 0.1) is 16.9 Å². The van der Waals surface area contributed by atoms with E-state index < -0.39 is 0 Å². The fraction of sp³-hybridized carbons (Fsp3) is 0.421. The van der Waals surface area contributed by atoms with Crippen LogP contribution in [-0.4, -0.2) is 34.7 Å². The van der Waals surface area contributed by atoms with Gasteiger partial charge in [-0.3, -0.25) is 14.3 Å². The molecule has 1 aromatic heterocycles. The lowest BCUT2D eigenvalue weighted by Gasteiger charge is -2.19. The number of amides is 2. The van der Waals surface area contributed by atoms with Crippen molar-refractivity contribution in [3.8, 4) is 0 Å². The lowest BCUT2D eigenvalue weighted by molar-refractivity contribution is -0.117. The smallest absolute Gasteiger partial charge is 0.253 e. The van der Waals surface area contributed by atoms with Crippen LogP contribution in [0.2, 0.25) is 5.02 Å². The van der Waals surface area contributed by atoms with Crippen LogP contribution < -0.4 is 10.2 Å². The Morgan fingerprint density at radius 2 is 2.12 bits per heavy atom. The van der Waals surface area contributed by atoms with E-state index in [2.05, 4.69) is 10.4 Å². The Morgan fingerprint density at radius 1 is 1.31 bits per heavy atom. The standard InChI is InChI=1S/C19H23ClN4O2/c1-13-11-14(2)24(22-13)10-4-8-21-19(26)16-7-6-15(20)12-17(16)23-9-3-5-18(23)25/h6-7,11-12H,3-5,8-10H2,1-2H3,(H,21,26). The van der Waals surface area contributed by atoms with E-state index in [0.29, 0.717) is 35.8 Å². The lowest BCUT2D eigenvalue weighted by atomic mass is 10.1. The van der Waals surface area contributed by atoms with E-state index in [1.165, 1.54) is 0 Å². The molecule has 1 aliphatic rings. The molecule has 1 aliphatic heterocycles. The average Bonchev–Trinajstić information content (AvgIpc) is 3.16. The Hall–Kier alpha value is -2.34. The van der Waals surface area contributed by atoms with Gasteiger partial charge in [0.2, 0.25) is 5.91 Å². The van der Waals surface area contributed by atoms with Crippen LogP contribution in [0.4, 0.5) is 5.69 Å². The van der Waals surface area contributed by atoms with E-state index >= 15 is 0 Å². The van der Waals surface area contributed by atoms with Crippen LogP contribution in [0, 0.1) is 13.8 Å². The lowest BCUT2D eigenvalue weighted by Crippen LogP contribution is -2.30. The van der Waals surface area contributed by atoms with Crippen molar-refractivity contribution in [1.82, 2.24) is 15.1 Å². The summed E-state index contributed by atoms with van der Waals surface area (Å²) in [4.78, 5) is 26.3. The van der Waals surface area contributed by atoms with Crippen LogP contribution >= 0.6 is 11.6 Å². The van der Waals surface area contributed by atoms with Crippen molar-refractivity contribution < 1.29 is 9.59 Å². The number of aromatic nitrogens is 2. The van der Waals surface area contributed by atoms with E-state index in [0.717, 1.165) is 30.8 Å². The number of nitrogens with one attached hydrogen (secondary N) is 1. The summed E-state index contributed by atoms with van der Waals surface area (Å²) in [6, 6.07) is 7.08. The third-order valence-corrected chi connectivity index (χ3v) is 4.74. The third kappa shape index (κ3) is 4.07. The Balaban J connectivity index is 1.62. The molecule has 138 valence electrons. The van der Waals surface area contributed by atoms with Gasteiger partial charge >= 0.3 is 0 Å². The molecule has 2 amide bonds. The van der Waals surface area contributed by atoms with Crippen LogP contribution in [0.15, 0.2) is 24.3 Å². The van der Waals surface area contributed by atoms with Gasteiger partial charge in [0, 0.05) is 36.8 Å². The molecule has 1 aromatic carbocycles. The Bertz CT molecular complexity index is 831. The fourth-order valence-electron chi connectivity index (χ4n) is 3.25. The maximum absolute atomic E-state index is 12.6. The van der Waals surface area contributed by atoms with Gasteiger partial charge in [0.25, 0.3) is 5.91 Å². The van der Waals surface area contributed by atoms with Crippen molar-refractivity contribution >= 4 is 29.1 Å². The van der Waals surface area contributed by atoms with E-state index in [4.69, 9.17) is 11.6 Å². The predicted octanol–water partition coefficient (Wildman–Crippen LogP) is 3.10. The number of anilines is 1. The average molecular weight is 375 g/mol. The zero-order valence-corrected chi connectivity index (χ0v) is 15.8. The summed E-state index contributed by atoms with van der Waals surface area (Å²) < 4.78 is 1.94. The zero-order valence-electron chi connectivity index (χ0n) is 15.1. The minimum atomic E-state index is -0.190. The molecule has 1 N–H and O–H groups in total. The van der Waals surface area contributed by atoms with Crippen molar-refractivity contribution in [2.45, 2.75) is 39.7 Å². The highest BCUT2D eigenvalue weighted by Crippen LogP contribution is 2.28. The van der Waals surface area contributed by atoms with Gasteiger partial charge in [0.15, 0.2) is 0 Å². The largest absolute Gasteiger partial charge is 0.352 e. The summed E-state index contributed by atoms with van der Waals surface area (Å²) >= 11 is 6.08. The van der Waals surface area contributed by atoms with Gasteiger partial charge in [-0.25, -0.2) is 0 Å². The summed E-state index contributed by atoms with van der Waals surface area (Å²) in [5, 5.41) is 7.86. The first kappa shape index (κ1) is 18.5. The molecule has 0 spiro atoms. The number of aryl methyl sites for hydroxylation is 3. The highest BCUT2D eigenvalue weighted by atomic mass is 35.5. The van der Waals surface area contributed by atoms with Crippen LogP contribution in [-0.2, 0) is 11.3 Å². The van der Waals surface area contributed by atoms with Crippen molar-refractivity contribution in [1.29, 1.82) is 0 Å². The number of rotatable bonds is 6. The fourth-order valence-corrected chi connectivity index (χ4v) is 3.42. The number of hydrogen-bond acceptors (Lipinski definition) is 3. The molecule has 0 aliphatic carbocycles. The van der Waals surface area contributed by atoms with E-state index in [9.17, 15) is 9.59 Å². The SMILES string of the molecule is Cc1cc(C)n(CCCNC(=O)c2ccc(Cl)cc2N2CCCC2=O)n1. The molecular formula is C19H23ClN4O2. The van der Waals surface area contributed by atoms with E-state index in [1.54, 1.807) is 23.1 Å². The molecule has 0 unspecified atom stereocenters. The summed E-state index contributed by atoms with van der Waals surface area (Å²) in [6.07, 6.45) is 2.09. The second-order valence-electron chi connectivity index (χ2n) is 6.57. The van der Waals surface area contributed by atoms with Crippen LogP contribution in [0.25, 0.3) is 0 Å². The molecule has 3 rings (SSSR count). The van der Waals surface area contributed by atoms with E-state index in [1.807, 2.05) is 24.6 Å². The van der Waals surface area contributed by atoms with Crippen molar-refractivity contribution in [3.63, 3.8) is 0 Å². The Labute approximate surface area is 158 Å². The molecule has 1 saturated heterocycles. The van der Waals surface area contributed by atoms with Gasteiger partial charge in [-0.15, -0.1) is 0 Å². The first-order valence-electron chi connectivity index (χ1n) is 8.85. The zero-order chi connectivity index (χ0) is 18.7. The number of hydrogen-bond donors (Lipinski definition) is 1. The number of halogens is 1. The van der Waals surface area contributed by atoms with Crippen LogP contribution in [0.1, 0.15) is 41.0 Å². The third-order valence-electron chi connectivity index (χ3n) is 4.50. The first-order chi connectivity index (χ1) is 12.5. The topological polar surface area (TPSA) is 67.2 Å². The normalized spacial score (nSPS) is 14.1. The quantitative estimate of drug-likeness (QED) is 0.790. The van der Waals surface area contributed by atoms with Crippen LogP contribution in [0.3, 0.4) is 0 Å². The van der Waals surface area contributed by atoms with Crippen molar-refractivity contribution in [2.75, 3.05) is 18.0 Å². The van der Waals surface area contributed by atoms with Gasteiger partial charge in [0.1, 0.15) is 0 Å². The predicted molar refractivity (Wildman–Crippen MR) is 102 cm³/mol. The second kappa shape index (κ2) is 7.91. The molecular weight excluding hydrogens is 352 g/mol. The van der Waals surface area contributed by atoms with Gasteiger partial charge in [-0.2, -0.15) is 5.10 Å². The highest BCUT2D eigenvalue weighted by Gasteiger charge is 2.26.